The summed E-state index contributed by atoms with van der Waals surface area (Å²) >= 11 is 7.16. The van der Waals surface area contributed by atoms with Crippen molar-refractivity contribution in [2.45, 2.75) is 6.04 Å². The van der Waals surface area contributed by atoms with Gasteiger partial charge in [0.25, 0.3) is 5.91 Å². The fourth-order valence-corrected chi connectivity index (χ4v) is 2.90. The monoisotopic (exact) mass is 308 g/mol. The fraction of sp³-hybridized carbons (Fsp3) is 0.267. The summed E-state index contributed by atoms with van der Waals surface area (Å²) in [6, 6.07) is 13.4. The lowest BCUT2D eigenvalue weighted by atomic mass is 10.1. The Morgan fingerprint density at radius 2 is 1.95 bits per heavy atom. The third-order valence-electron chi connectivity index (χ3n) is 2.85. The van der Waals surface area contributed by atoms with E-state index in [-0.39, 0.29) is 11.9 Å². The molecule has 0 aliphatic carbocycles. The minimum Gasteiger partial charge on any atom is -0.343 e. The van der Waals surface area contributed by atoms with Crippen molar-refractivity contribution in [1.29, 1.82) is 0 Å². The normalized spacial score (nSPS) is 12.4. The van der Waals surface area contributed by atoms with Gasteiger partial charge >= 0.3 is 0 Å². The van der Waals surface area contributed by atoms with Crippen LogP contribution < -0.4 is 5.32 Å². The Labute approximate surface area is 128 Å². The van der Waals surface area contributed by atoms with Gasteiger partial charge < -0.3 is 10.2 Å². The quantitative estimate of drug-likeness (QED) is 0.918. The molecule has 1 N–H and O–H groups in total. The number of carbonyl (C=O) groups is 1. The number of hydrogen-bond donors (Lipinski definition) is 1. The second-order valence-corrected chi connectivity index (χ2v) is 6.52. The SMILES string of the molecule is CN(C)C[C@H](NC(=O)c1ccc(Cl)s1)c1ccccc1. The standard InChI is InChI=1S/C15H17ClN2OS/c1-18(2)10-12(11-6-4-3-5-7-11)17-15(19)13-8-9-14(16)20-13/h3-9,12H,10H2,1-2H3,(H,17,19)/t12-/m0/s1. The molecular formula is C15H17ClN2OS. The van der Waals surface area contributed by atoms with Crippen molar-refractivity contribution in [3.8, 4) is 0 Å². The van der Waals surface area contributed by atoms with E-state index in [9.17, 15) is 4.79 Å². The highest BCUT2D eigenvalue weighted by atomic mass is 35.5. The largest absolute Gasteiger partial charge is 0.343 e. The topological polar surface area (TPSA) is 32.3 Å². The number of nitrogens with one attached hydrogen (secondary N) is 1. The Morgan fingerprint density at radius 1 is 1.25 bits per heavy atom. The average molecular weight is 309 g/mol. The molecule has 0 aliphatic heterocycles. The van der Waals surface area contributed by atoms with Crippen molar-refractivity contribution in [2.75, 3.05) is 20.6 Å². The molecular weight excluding hydrogens is 292 g/mol. The number of hydrogen-bond acceptors (Lipinski definition) is 3. The molecule has 0 spiro atoms. The summed E-state index contributed by atoms with van der Waals surface area (Å²) in [5.41, 5.74) is 1.09. The predicted molar refractivity (Wildman–Crippen MR) is 84.5 cm³/mol. The van der Waals surface area contributed by atoms with Gasteiger partial charge in [-0.15, -0.1) is 11.3 Å². The zero-order valence-corrected chi connectivity index (χ0v) is 13.0. The van der Waals surface area contributed by atoms with Gasteiger partial charge in [-0.2, -0.15) is 0 Å². The summed E-state index contributed by atoms with van der Waals surface area (Å²) in [5, 5.41) is 3.07. The maximum Gasteiger partial charge on any atom is 0.261 e. The molecule has 20 heavy (non-hydrogen) atoms. The number of carbonyl (C=O) groups excluding carboxylic acids is 1. The first-order valence-electron chi connectivity index (χ1n) is 6.32. The second-order valence-electron chi connectivity index (χ2n) is 4.80. The van der Waals surface area contributed by atoms with E-state index in [1.807, 2.05) is 44.4 Å². The Kier molecular flexibility index (Phi) is 5.17. The molecule has 0 unspecified atom stereocenters. The van der Waals surface area contributed by atoms with Crippen molar-refractivity contribution in [3.63, 3.8) is 0 Å². The van der Waals surface area contributed by atoms with E-state index in [1.54, 1.807) is 12.1 Å². The van der Waals surface area contributed by atoms with E-state index >= 15 is 0 Å². The molecule has 1 aromatic carbocycles. The molecule has 0 saturated heterocycles. The van der Waals surface area contributed by atoms with Crippen LogP contribution in [0.4, 0.5) is 0 Å². The van der Waals surface area contributed by atoms with E-state index < -0.39 is 0 Å². The van der Waals surface area contributed by atoms with Crippen molar-refractivity contribution >= 4 is 28.8 Å². The van der Waals surface area contributed by atoms with E-state index in [2.05, 4.69) is 10.2 Å². The maximum atomic E-state index is 12.2. The van der Waals surface area contributed by atoms with E-state index in [0.29, 0.717) is 9.21 Å². The lowest BCUT2D eigenvalue weighted by Crippen LogP contribution is -2.34. The van der Waals surface area contributed by atoms with Crippen LogP contribution in [0.15, 0.2) is 42.5 Å². The summed E-state index contributed by atoms with van der Waals surface area (Å²) < 4.78 is 0.624. The number of benzene rings is 1. The molecule has 0 saturated carbocycles. The number of nitrogens with zero attached hydrogens (tertiary/aromatic N) is 1. The molecule has 2 rings (SSSR count). The molecule has 0 fully saturated rings. The number of amides is 1. The van der Waals surface area contributed by atoms with Gasteiger partial charge in [-0.25, -0.2) is 0 Å². The minimum absolute atomic E-state index is 0.0421. The molecule has 1 atom stereocenters. The summed E-state index contributed by atoms with van der Waals surface area (Å²) in [7, 11) is 3.98. The number of likely N-dealkylation sites (N-methyl/N-ethyl adjacent to an activating group) is 1. The highest BCUT2D eigenvalue weighted by molar-refractivity contribution is 7.17. The molecule has 0 bridgehead atoms. The smallest absolute Gasteiger partial charge is 0.261 e. The van der Waals surface area contributed by atoms with Crippen molar-refractivity contribution in [2.24, 2.45) is 0 Å². The first kappa shape index (κ1) is 15.0. The summed E-state index contributed by atoms with van der Waals surface area (Å²) in [4.78, 5) is 14.9. The van der Waals surface area contributed by atoms with Crippen molar-refractivity contribution in [3.05, 3.63) is 57.2 Å². The first-order chi connectivity index (χ1) is 9.56. The molecule has 1 heterocycles. The first-order valence-corrected chi connectivity index (χ1v) is 7.51. The van der Waals surface area contributed by atoms with Crippen molar-refractivity contribution < 1.29 is 4.79 Å². The van der Waals surface area contributed by atoms with Crippen LogP contribution in [0, 0.1) is 0 Å². The Morgan fingerprint density at radius 3 is 2.50 bits per heavy atom. The van der Waals surface area contributed by atoms with Crippen LogP contribution in [-0.2, 0) is 0 Å². The highest BCUT2D eigenvalue weighted by Gasteiger charge is 2.17. The van der Waals surface area contributed by atoms with Gasteiger partial charge in [0, 0.05) is 6.54 Å². The molecule has 106 valence electrons. The van der Waals surface area contributed by atoms with Crippen molar-refractivity contribution in [1.82, 2.24) is 10.2 Å². The van der Waals surface area contributed by atoms with Crippen LogP contribution in [0.25, 0.3) is 0 Å². The van der Waals surface area contributed by atoms with Crippen LogP contribution in [0.5, 0.6) is 0 Å². The Balaban J connectivity index is 2.14. The zero-order chi connectivity index (χ0) is 14.5. The predicted octanol–water partition coefficient (Wildman–Crippen LogP) is 3.43. The lowest BCUT2D eigenvalue weighted by Gasteiger charge is -2.22. The van der Waals surface area contributed by atoms with Gasteiger partial charge in [-0.3, -0.25) is 4.79 Å². The van der Waals surface area contributed by atoms with Crippen LogP contribution in [0.1, 0.15) is 21.3 Å². The van der Waals surface area contributed by atoms with Crippen LogP contribution >= 0.6 is 22.9 Å². The van der Waals surface area contributed by atoms with Gasteiger partial charge in [-0.05, 0) is 31.8 Å². The van der Waals surface area contributed by atoms with Gasteiger partial charge in [0.2, 0.25) is 0 Å². The van der Waals surface area contributed by atoms with Gasteiger partial charge in [0.15, 0.2) is 0 Å². The average Bonchev–Trinajstić information content (AvgIpc) is 2.85. The van der Waals surface area contributed by atoms with Gasteiger partial charge in [0.1, 0.15) is 0 Å². The molecule has 2 aromatic rings. The van der Waals surface area contributed by atoms with Crippen LogP contribution in [0.3, 0.4) is 0 Å². The van der Waals surface area contributed by atoms with E-state index in [0.717, 1.165) is 12.1 Å². The molecule has 0 aliphatic rings. The number of thiophene rings is 1. The van der Waals surface area contributed by atoms with Gasteiger partial charge in [0.05, 0.1) is 15.3 Å². The van der Waals surface area contributed by atoms with Crippen LogP contribution in [-0.4, -0.2) is 31.4 Å². The highest BCUT2D eigenvalue weighted by Crippen LogP contribution is 2.22. The zero-order valence-electron chi connectivity index (χ0n) is 11.5. The molecule has 1 amide bonds. The van der Waals surface area contributed by atoms with Gasteiger partial charge in [-0.1, -0.05) is 41.9 Å². The lowest BCUT2D eigenvalue weighted by molar-refractivity contribution is 0.0934. The molecule has 5 heteroatoms. The molecule has 3 nitrogen and oxygen atoms in total. The number of rotatable bonds is 5. The summed E-state index contributed by atoms with van der Waals surface area (Å²) in [6.07, 6.45) is 0. The Hall–Kier alpha value is -1.36. The minimum atomic E-state index is -0.0856. The van der Waals surface area contributed by atoms with E-state index in [4.69, 9.17) is 11.6 Å². The summed E-state index contributed by atoms with van der Waals surface area (Å²) in [5.74, 6) is -0.0856. The molecule has 1 aromatic heterocycles. The van der Waals surface area contributed by atoms with Crippen LogP contribution in [0.2, 0.25) is 4.34 Å². The second kappa shape index (κ2) is 6.88. The number of halogens is 1. The third kappa shape index (κ3) is 4.07. The van der Waals surface area contributed by atoms with E-state index in [1.165, 1.54) is 11.3 Å². The maximum absolute atomic E-state index is 12.2. The fourth-order valence-electron chi connectivity index (χ4n) is 1.95. The third-order valence-corrected chi connectivity index (χ3v) is 4.08. The summed E-state index contributed by atoms with van der Waals surface area (Å²) in [6.45, 7) is 0.745. The molecule has 0 radical (unpaired) electrons. The Bertz CT molecular complexity index is 568.